The maximum Gasteiger partial charge on any atom is 0.193 e. The van der Waals surface area contributed by atoms with Crippen LogP contribution in [0.4, 0.5) is 5.69 Å². The second kappa shape index (κ2) is 5.85. The van der Waals surface area contributed by atoms with E-state index < -0.39 is 0 Å². The van der Waals surface area contributed by atoms with E-state index in [1.807, 2.05) is 24.3 Å². The number of nitrogens with zero attached hydrogens (tertiary/aromatic N) is 4. The third-order valence-corrected chi connectivity index (χ3v) is 3.27. The van der Waals surface area contributed by atoms with Crippen LogP contribution in [0.1, 0.15) is 16.8 Å². The van der Waals surface area contributed by atoms with Crippen LogP contribution in [0.5, 0.6) is 0 Å². The molecule has 0 fully saturated rings. The van der Waals surface area contributed by atoms with Gasteiger partial charge in [0.15, 0.2) is 11.6 Å². The van der Waals surface area contributed by atoms with Crippen LogP contribution in [0.25, 0.3) is 5.65 Å². The Labute approximate surface area is 128 Å². The third kappa shape index (κ3) is 3.06. The molecule has 0 bridgehead atoms. The average Bonchev–Trinajstić information content (AvgIpc) is 2.92. The number of aromatic nitrogens is 3. The van der Waals surface area contributed by atoms with Crippen molar-refractivity contribution in [3.05, 3.63) is 59.5 Å². The molecule has 0 atom stereocenters. The quantitative estimate of drug-likeness (QED) is 0.573. The highest BCUT2D eigenvalue weighted by Crippen LogP contribution is 2.13. The third-order valence-electron chi connectivity index (χ3n) is 3.27. The number of fused-ring (bicyclic) bond motifs is 1. The van der Waals surface area contributed by atoms with Gasteiger partial charge < -0.3 is 11.1 Å². The van der Waals surface area contributed by atoms with E-state index >= 15 is 0 Å². The Balaban J connectivity index is 1.76. The summed E-state index contributed by atoms with van der Waals surface area (Å²) in [5, 5.41) is 7.35. The van der Waals surface area contributed by atoms with E-state index in [0.717, 1.165) is 17.0 Å². The van der Waals surface area contributed by atoms with Crippen molar-refractivity contribution in [1.29, 1.82) is 0 Å². The molecule has 0 aliphatic heterocycles. The molecule has 22 heavy (non-hydrogen) atoms. The van der Waals surface area contributed by atoms with Crippen LogP contribution in [0, 0.1) is 13.8 Å². The molecule has 0 unspecified atom stereocenters. The molecule has 1 aromatic carbocycles. The highest BCUT2D eigenvalue weighted by atomic mass is 15.3. The van der Waals surface area contributed by atoms with Crippen LogP contribution in [-0.2, 0) is 6.54 Å². The maximum absolute atomic E-state index is 5.97. The van der Waals surface area contributed by atoms with E-state index in [2.05, 4.69) is 40.3 Å². The number of rotatable bonds is 3. The van der Waals surface area contributed by atoms with Crippen molar-refractivity contribution < 1.29 is 0 Å². The summed E-state index contributed by atoms with van der Waals surface area (Å²) < 4.78 is 1.76. The topological polar surface area (TPSA) is 80.6 Å². The predicted molar refractivity (Wildman–Crippen MR) is 87.9 cm³/mol. The first-order valence-electron chi connectivity index (χ1n) is 7.05. The largest absolute Gasteiger partial charge is 0.370 e. The Morgan fingerprint density at radius 3 is 2.73 bits per heavy atom. The second-order valence-electron chi connectivity index (χ2n) is 5.24. The Hall–Kier alpha value is -2.89. The van der Waals surface area contributed by atoms with E-state index in [1.54, 1.807) is 16.9 Å². The summed E-state index contributed by atoms with van der Waals surface area (Å²) in [4.78, 5) is 8.59. The van der Waals surface area contributed by atoms with Crippen molar-refractivity contribution in [3.8, 4) is 0 Å². The first kappa shape index (κ1) is 14.1. The first-order valence-corrected chi connectivity index (χ1v) is 7.05. The molecule has 0 saturated carbocycles. The van der Waals surface area contributed by atoms with E-state index in [9.17, 15) is 0 Å². The van der Waals surface area contributed by atoms with Gasteiger partial charge in [0, 0.05) is 18.0 Å². The normalized spacial score (nSPS) is 11.8. The van der Waals surface area contributed by atoms with Crippen molar-refractivity contribution >= 4 is 17.3 Å². The Bertz CT molecular complexity index is 813. The minimum atomic E-state index is 0.377. The molecule has 3 aromatic rings. The lowest BCUT2D eigenvalue weighted by atomic mass is 10.1. The number of guanidine groups is 1. The highest BCUT2D eigenvalue weighted by molar-refractivity contribution is 5.92. The summed E-state index contributed by atoms with van der Waals surface area (Å²) in [6.45, 7) is 4.54. The summed E-state index contributed by atoms with van der Waals surface area (Å²) in [6.07, 6.45) is 3.46. The van der Waals surface area contributed by atoms with Gasteiger partial charge in [-0.15, -0.1) is 0 Å². The molecule has 3 N–H and O–H groups in total. The van der Waals surface area contributed by atoms with Crippen molar-refractivity contribution in [2.75, 3.05) is 5.32 Å². The summed E-state index contributed by atoms with van der Waals surface area (Å²) >= 11 is 0. The molecule has 0 radical (unpaired) electrons. The number of anilines is 1. The van der Waals surface area contributed by atoms with E-state index in [1.165, 1.54) is 11.1 Å². The molecular formula is C16H18N6. The fourth-order valence-electron chi connectivity index (χ4n) is 2.41. The van der Waals surface area contributed by atoms with Gasteiger partial charge in [-0.1, -0.05) is 6.07 Å². The number of nitrogens with two attached hydrogens (primary N) is 1. The zero-order valence-electron chi connectivity index (χ0n) is 12.6. The molecule has 3 rings (SSSR count). The number of aryl methyl sites for hydroxylation is 2. The molecule has 0 spiro atoms. The number of aliphatic imine (C=N–C) groups is 1. The van der Waals surface area contributed by atoms with Gasteiger partial charge >= 0.3 is 0 Å². The average molecular weight is 294 g/mol. The molecule has 2 heterocycles. The van der Waals surface area contributed by atoms with Gasteiger partial charge in [-0.25, -0.2) is 14.5 Å². The number of hydrogen-bond acceptors (Lipinski definition) is 3. The van der Waals surface area contributed by atoms with E-state index in [0.29, 0.717) is 12.5 Å². The number of benzene rings is 1. The minimum absolute atomic E-state index is 0.377. The van der Waals surface area contributed by atoms with Gasteiger partial charge in [-0.2, -0.15) is 5.10 Å². The van der Waals surface area contributed by atoms with Gasteiger partial charge in [0.1, 0.15) is 0 Å². The fraction of sp³-hybridized carbons (Fsp3) is 0.188. The maximum atomic E-state index is 5.97. The SMILES string of the molecule is Cc1cc(C)cc(NC(N)=NCc2ccnc3ccnn23)c1. The molecule has 6 nitrogen and oxygen atoms in total. The molecule has 0 amide bonds. The van der Waals surface area contributed by atoms with Gasteiger partial charge in [0.2, 0.25) is 0 Å². The molecule has 2 aromatic heterocycles. The van der Waals surface area contributed by atoms with Crippen LogP contribution in [-0.4, -0.2) is 20.6 Å². The molecule has 0 saturated heterocycles. The van der Waals surface area contributed by atoms with Crippen LogP contribution in [0.15, 0.2) is 47.7 Å². The van der Waals surface area contributed by atoms with Crippen LogP contribution < -0.4 is 11.1 Å². The zero-order valence-corrected chi connectivity index (χ0v) is 12.6. The smallest absolute Gasteiger partial charge is 0.193 e. The molecule has 0 aliphatic rings. The van der Waals surface area contributed by atoms with Crippen LogP contribution >= 0.6 is 0 Å². The standard InChI is InChI=1S/C16H18N6/c1-11-7-12(2)9-13(8-11)21-16(17)19-10-14-3-5-18-15-4-6-20-22(14)15/h3-9H,10H2,1-2H3,(H3,17,19,21). The minimum Gasteiger partial charge on any atom is -0.370 e. The lowest BCUT2D eigenvalue weighted by molar-refractivity contribution is 0.835. The lowest BCUT2D eigenvalue weighted by Crippen LogP contribution is -2.23. The highest BCUT2D eigenvalue weighted by Gasteiger charge is 2.02. The van der Waals surface area contributed by atoms with Crippen molar-refractivity contribution in [1.82, 2.24) is 14.6 Å². The van der Waals surface area contributed by atoms with Crippen LogP contribution in [0.3, 0.4) is 0 Å². The summed E-state index contributed by atoms with van der Waals surface area (Å²) in [7, 11) is 0. The Morgan fingerprint density at radius 2 is 1.95 bits per heavy atom. The monoisotopic (exact) mass is 294 g/mol. The number of nitrogens with one attached hydrogen (secondary N) is 1. The Kier molecular flexibility index (Phi) is 3.74. The second-order valence-corrected chi connectivity index (χ2v) is 5.24. The van der Waals surface area contributed by atoms with Crippen molar-refractivity contribution in [2.24, 2.45) is 10.7 Å². The summed E-state index contributed by atoms with van der Waals surface area (Å²) in [5.41, 5.74) is 11.0. The molecule has 0 aliphatic carbocycles. The van der Waals surface area contributed by atoms with Gasteiger partial charge in [0.25, 0.3) is 0 Å². The molecule has 6 heteroatoms. The van der Waals surface area contributed by atoms with Crippen molar-refractivity contribution in [2.45, 2.75) is 20.4 Å². The van der Waals surface area contributed by atoms with E-state index in [4.69, 9.17) is 5.73 Å². The summed E-state index contributed by atoms with van der Waals surface area (Å²) in [6, 6.07) is 9.92. The molecule has 112 valence electrons. The van der Waals surface area contributed by atoms with Gasteiger partial charge in [0.05, 0.1) is 18.4 Å². The van der Waals surface area contributed by atoms with E-state index in [-0.39, 0.29) is 0 Å². The Morgan fingerprint density at radius 1 is 1.18 bits per heavy atom. The van der Waals surface area contributed by atoms with Crippen LogP contribution in [0.2, 0.25) is 0 Å². The van der Waals surface area contributed by atoms with Gasteiger partial charge in [-0.3, -0.25) is 0 Å². The lowest BCUT2D eigenvalue weighted by Gasteiger charge is -2.08. The number of hydrogen-bond donors (Lipinski definition) is 2. The molecular weight excluding hydrogens is 276 g/mol. The van der Waals surface area contributed by atoms with Gasteiger partial charge in [-0.05, 0) is 43.2 Å². The fourth-order valence-corrected chi connectivity index (χ4v) is 2.41. The predicted octanol–water partition coefficient (Wildman–Crippen LogP) is 2.27. The summed E-state index contributed by atoms with van der Waals surface area (Å²) in [5.74, 6) is 0.377. The zero-order chi connectivity index (χ0) is 15.5. The first-order chi connectivity index (χ1) is 10.6. The van der Waals surface area contributed by atoms with Crippen molar-refractivity contribution in [3.63, 3.8) is 0 Å².